The number of nitrogens with one attached hydrogen (secondary N) is 1. The third kappa shape index (κ3) is 8.19. The normalized spacial score (nSPS) is 23.9. The quantitative estimate of drug-likeness (QED) is 0.460. The Labute approximate surface area is 197 Å². The van der Waals surface area contributed by atoms with E-state index in [1.54, 1.807) is 7.11 Å². The van der Waals surface area contributed by atoms with Gasteiger partial charge in [0.1, 0.15) is 11.9 Å². The van der Waals surface area contributed by atoms with Crippen LogP contribution in [-0.4, -0.2) is 67.6 Å². The molecule has 1 aliphatic carbocycles. The summed E-state index contributed by atoms with van der Waals surface area (Å²) in [6, 6.07) is 7.42. The van der Waals surface area contributed by atoms with Gasteiger partial charge in [-0.3, -0.25) is 4.79 Å². The zero-order valence-electron chi connectivity index (χ0n) is 20.5. The van der Waals surface area contributed by atoms with E-state index in [1.807, 2.05) is 52.2 Å². The van der Waals surface area contributed by atoms with Gasteiger partial charge in [0.15, 0.2) is 0 Å². The number of hydrogen-bond acceptors (Lipinski definition) is 6. The van der Waals surface area contributed by atoms with Gasteiger partial charge in [-0.2, -0.15) is 0 Å². The van der Waals surface area contributed by atoms with Crippen LogP contribution in [0.1, 0.15) is 51.5 Å². The van der Waals surface area contributed by atoms with Gasteiger partial charge < -0.3 is 29.9 Å². The Kier molecular flexibility index (Phi) is 9.98. The van der Waals surface area contributed by atoms with Crippen LogP contribution in [0.2, 0.25) is 0 Å². The highest BCUT2D eigenvalue weighted by Crippen LogP contribution is 2.43. The van der Waals surface area contributed by atoms with Crippen LogP contribution in [0.15, 0.2) is 24.3 Å². The molecule has 1 aromatic carbocycles. The second-order valence-corrected chi connectivity index (χ2v) is 9.90. The fraction of sp³-hybridized carbons (Fsp3) is 0.680. The first-order valence-corrected chi connectivity index (χ1v) is 11.7. The topological polar surface area (TPSA) is 108 Å². The van der Waals surface area contributed by atoms with E-state index in [9.17, 15) is 14.7 Å². The van der Waals surface area contributed by atoms with Crippen molar-refractivity contribution in [3.8, 4) is 5.75 Å². The average Bonchev–Trinajstić information content (AvgIpc) is 2.73. The molecule has 1 aromatic rings. The molecule has 33 heavy (non-hydrogen) atoms. The Balaban J connectivity index is 2.07. The van der Waals surface area contributed by atoms with Crippen LogP contribution >= 0.6 is 0 Å². The molecule has 0 aromatic heterocycles. The molecule has 0 radical (unpaired) electrons. The lowest BCUT2D eigenvalue weighted by molar-refractivity contribution is -0.138. The molecule has 186 valence electrons. The van der Waals surface area contributed by atoms with Crippen molar-refractivity contribution in [3.63, 3.8) is 0 Å². The second kappa shape index (κ2) is 12.2. The minimum absolute atomic E-state index is 0.00367. The molecule has 8 heteroatoms. The number of aliphatic hydroxyl groups is 1. The van der Waals surface area contributed by atoms with E-state index in [1.165, 1.54) is 0 Å². The smallest absolute Gasteiger partial charge is 0.407 e. The van der Waals surface area contributed by atoms with Gasteiger partial charge in [-0.15, -0.1) is 0 Å². The molecule has 0 spiro atoms. The number of carboxylic acids is 1. The molecule has 4 atom stereocenters. The number of nitrogens with zero attached hydrogens (tertiary/aromatic N) is 1. The average molecular weight is 465 g/mol. The largest absolute Gasteiger partial charge is 0.497 e. The molecule has 4 unspecified atom stereocenters. The van der Waals surface area contributed by atoms with Crippen molar-refractivity contribution in [2.75, 3.05) is 34.3 Å². The highest BCUT2D eigenvalue weighted by atomic mass is 16.6. The lowest BCUT2D eigenvalue weighted by Gasteiger charge is -2.44. The molecular formula is C25H40N2O6. The first-order valence-electron chi connectivity index (χ1n) is 11.7. The van der Waals surface area contributed by atoms with Crippen molar-refractivity contribution in [2.45, 2.75) is 57.7 Å². The first-order chi connectivity index (χ1) is 15.5. The van der Waals surface area contributed by atoms with E-state index < -0.39 is 23.8 Å². The van der Waals surface area contributed by atoms with Crippen molar-refractivity contribution in [1.82, 2.24) is 10.2 Å². The van der Waals surface area contributed by atoms with Crippen molar-refractivity contribution >= 4 is 12.1 Å². The molecule has 0 bridgehead atoms. The van der Waals surface area contributed by atoms with Crippen molar-refractivity contribution in [1.29, 1.82) is 0 Å². The number of carbonyl (C=O) groups excluding carboxylic acids is 1. The van der Waals surface area contributed by atoms with Crippen LogP contribution in [0.3, 0.4) is 0 Å². The Bertz CT molecular complexity index is 784. The predicted molar refractivity (Wildman–Crippen MR) is 126 cm³/mol. The summed E-state index contributed by atoms with van der Waals surface area (Å²) in [5.74, 6) is -0.0524. The van der Waals surface area contributed by atoms with Crippen LogP contribution in [0.5, 0.6) is 5.75 Å². The molecule has 1 aliphatic rings. The Morgan fingerprint density at radius 1 is 1.27 bits per heavy atom. The maximum atomic E-state index is 12.5. The van der Waals surface area contributed by atoms with E-state index in [0.29, 0.717) is 37.5 Å². The second-order valence-electron chi connectivity index (χ2n) is 9.90. The molecule has 3 N–H and O–H groups in total. The van der Waals surface area contributed by atoms with Crippen LogP contribution < -0.4 is 10.1 Å². The lowest BCUT2D eigenvalue weighted by Crippen LogP contribution is -2.48. The highest BCUT2D eigenvalue weighted by Gasteiger charge is 2.45. The summed E-state index contributed by atoms with van der Waals surface area (Å²) >= 11 is 0. The highest BCUT2D eigenvalue weighted by molar-refractivity contribution is 5.68. The van der Waals surface area contributed by atoms with Gasteiger partial charge in [0.2, 0.25) is 0 Å². The summed E-state index contributed by atoms with van der Waals surface area (Å²) in [5.41, 5.74) is -0.410. The first kappa shape index (κ1) is 26.9. The molecule has 0 aliphatic heterocycles. The van der Waals surface area contributed by atoms with E-state index >= 15 is 0 Å². The van der Waals surface area contributed by atoms with Gasteiger partial charge in [-0.05, 0) is 62.9 Å². The summed E-state index contributed by atoms with van der Waals surface area (Å²) in [6.45, 7) is 5.01. The molecular weight excluding hydrogens is 424 g/mol. The minimum atomic E-state index is -1.16. The molecule has 0 heterocycles. The van der Waals surface area contributed by atoms with Crippen LogP contribution in [0.4, 0.5) is 4.79 Å². The third-order valence-electron chi connectivity index (χ3n) is 6.28. The van der Waals surface area contributed by atoms with Crippen molar-refractivity contribution in [2.24, 2.45) is 17.8 Å². The number of hydrogen-bond donors (Lipinski definition) is 3. The zero-order valence-corrected chi connectivity index (χ0v) is 20.5. The van der Waals surface area contributed by atoms with E-state index in [0.717, 1.165) is 5.56 Å². The van der Waals surface area contributed by atoms with E-state index in [-0.39, 0.29) is 31.2 Å². The summed E-state index contributed by atoms with van der Waals surface area (Å²) in [6.07, 6.45) is 1.35. The number of methoxy groups -OCH3 is 1. The van der Waals surface area contributed by atoms with Gasteiger partial charge in [0, 0.05) is 31.8 Å². The fourth-order valence-electron chi connectivity index (χ4n) is 4.84. The van der Waals surface area contributed by atoms with Crippen LogP contribution in [-0.2, 0) is 15.1 Å². The minimum Gasteiger partial charge on any atom is -0.497 e. The Hall–Kier alpha value is -2.32. The number of benzene rings is 1. The Morgan fingerprint density at radius 2 is 2.00 bits per heavy atom. The maximum absolute atomic E-state index is 12.5. The van der Waals surface area contributed by atoms with Gasteiger partial charge in [-0.25, -0.2) is 4.79 Å². The number of carbonyl (C=O) groups is 2. The molecule has 0 saturated heterocycles. The van der Waals surface area contributed by atoms with E-state index in [2.05, 4.69) is 10.2 Å². The van der Waals surface area contributed by atoms with Gasteiger partial charge in [0.05, 0.1) is 12.7 Å². The third-order valence-corrected chi connectivity index (χ3v) is 6.28. The molecule has 1 amide bonds. The number of amides is 1. The maximum Gasteiger partial charge on any atom is 0.407 e. The SMILES string of the molecule is COc1cccc(C2(O)CC(OC(=O)NCC(CC(=O)O)CC(C)C)CCC2CN(C)C)c1. The van der Waals surface area contributed by atoms with E-state index in [4.69, 9.17) is 14.6 Å². The molecule has 1 saturated carbocycles. The number of ether oxygens (including phenoxy) is 2. The molecule has 1 fully saturated rings. The van der Waals surface area contributed by atoms with Crippen LogP contribution in [0.25, 0.3) is 0 Å². The van der Waals surface area contributed by atoms with Crippen LogP contribution in [0, 0.1) is 17.8 Å². The summed E-state index contributed by atoms with van der Waals surface area (Å²) in [5, 5.41) is 23.7. The van der Waals surface area contributed by atoms with Crippen molar-refractivity contribution in [3.05, 3.63) is 29.8 Å². The van der Waals surface area contributed by atoms with Gasteiger partial charge >= 0.3 is 12.1 Å². The number of rotatable bonds is 11. The fourth-order valence-corrected chi connectivity index (χ4v) is 4.84. The van der Waals surface area contributed by atoms with Crippen molar-refractivity contribution < 1.29 is 29.3 Å². The predicted octanol–water partition coefficient (Wildman–Crippen LogP) is 3.48. The monoisotopic (exact) mass is 464 g/mol. The summed E-state index contributed by atoms with van der Waals surface area (Å²) in [7, 11) is 5.55. The number of alkyl carbamates (subject to hydrolysis) is 1. The molecule has 8 nitrogen and oxygen atoms in total. The lowest BCUT2D eigenvalue weighted by atomic mass is 9.70. The standard InChI is InChI=1S/C25H40N2O6/c1-17(2)11-18(12-23(28)29)15-26-24(30)33-22-10-9-20(16-27(3)4)25(31,14-22)19-7-6-8-21(13-19)32-5/h6-8,13,17-18,20,22,31H,9-12,14-16H2,1-5H3,(H,26,30)(H,28,29). The molecule has 2 rings (SSSR count). The number of carboxylic acid groups (broad SMARTS) is 1. The number of aliphatic carboxylic acids is 1. The van der Waals surface area contributed by atoms with Gasteiger partial charge in [-0.1, -0.05) is 26.0 Å². The summed E-state index contributed by atoms with van der Waals surface area (Å²) in [4.78, 5) is 25.7. The zero-order chi connectivity index (χ0) is 24.6. The Morgan fingerprint density at radius 3 is 2.61 bits per heavy atom. The van der Waals surface area contributed by atoms with Gasteiger partial charge in [0.25, 0.3) is 0 Å². The summed E-state index contributed by atoms with van der Waals surface area (Å²) < 4.78 is 11.0.